The van der Waals surface area contributed by atoms with E-state index >= 15 is 0 Å². The van der Waals surface area contributed by atoms with Crippen molar-refractivity contribution < 1.29 is 4.92 Å². The van der Waals surface area contributed by atoms with Gasteiger partial charge in [-0.1, -0.05) is 121 Å². The van der Waals surface area contributed by atoms with E-state index in [0.29, 0.717) is 5.56 Å². The normalized spacial score (nSPS) is 11.3. The van der Waals surface area contributed by atoms with E-state index in [1.165, 1.54) is 0 Å². The number of benzene rings is 4. The monoisotopic (exact) mass is 378 g/mol. The summed E-state index contributed by atoms with van der Waals surface area (Å²) in [5, 5.41) is 12.6. The van der Waals surface area contributed by atoms with E-state index in [-0.39, 0.29) is 11.0 Å². The molecule has 1 radical (unpaired) electrons. The van der Waals surface area contributed by atoms with E-state index in [1.54, 1.807) is 0 Å². The van der Waals surface area contributed by atoms with E-state index in [0.717, 1.165) is 16.7 Å². The quantitative estimate of drug-likeness (QED) is 0.239. The Morgan fingerprint density at radius 2 is 0.862 bits per heavy atom. The van der Waals surface area contributed by atoms with Gasteiger partial charge in [0.25, 0.3) is 0 Å². The molecular formula is C26H20NO2. The maximum Gasteiger partial charge on any atom is 0.338 e. The second kappa shape index (κ2) is 8.11. The van der Waals surface area contributed by atoms with Crippen molar-refractivity contribution in [2.75, 3.05) is 0 Å². The molecule has 0 aromatic heterocycles. The van der Waals surface area contributed by atoms with Crippen LogP contribution in [-0.4, -0.2) is 4.92 Å². The molecule has 4 rings (SSSR count). The number of rotatable bonds is 6. The zero-order valence-electron chi connectivity index (χ0n) is 15.8. The van der Waals surface area contributed by atoms with Crippen LogP contribution in [0.2, 0.25) is 0 Å². The van der Waals surface area contributed by atoms with E-state index in [1.807, 2.05) is 121 Å². The smallest absolute Gasteiger partial charge is 0.263 e. The SMILES string of the molecule is O=[N+]([O-])[C](c1ccccc1)C(c1ccccc1)(c1ccccc1)c1ccccc1. The Kier molecular flexibility index (Phi) is 5.21. The average Bonchev–Trinajstić information content (AvgIpc) is 2.79. The molecule has 4 aromatic carbocycles. The first kappa shape index (κ1) is 18.6. The molecule has 0 aliphatic heterocycles. The maximum atomic E-state index is 12.6. The molecule has 0 fully saturated rings. The van der Waals surface area contributed by atoms with Crippen LogP contribution < -0.4 is 0 Å². The number of nitrogens with zero attached hydrogens (tertiary/aromatic N) is 1. The molecule has 0 amide bonds. The van der Waals surface area contributed by atoms with Crippen LogP contribution in [0.3, 0.4) is 0 Å². The van der Waals surface area contributed by atoms with Crippen LogP contribution >= 0.6 is 0 Å². The van der Waals surface area contributed by atoms with Crippen molar-refractivity contribution in [3.8, 4) is 0 Å². The fourth-order valence-electron chi connectivity index (χ4n) is 4.03. The summed E-state index contributed by atoms with van der Waals surface area (Å²) in [6, 6.07) is 38.5. The van der Waals surface area contributed by atoms with Crippen LogP contribution in [0.5, 0.6) is 0 Å². The van der Waals surface area contributed by atoms with Gasteiger partial charge in [-0.05, 0) is 16.7 Å². The Balaban J connectivity index is 2.14. The highest BCUT2D eigenvalue weighted by Crippen LogP contribution is 2.49. The van der Waals surface area contributed by atoms with Gasteiger partial charge in [0.05, 0.1) is 0 Å². The fourth-order valence-corrected chi connectivity index (χ4v) is 4.03. The minimum Gasteiger partial charge on any atom is -0.263 e. The van der Waals surface area contributed by atoms with Crippen molar-refractivity contribution >= 4 is 0 Å². The van der Waals surface area contributed by atoms with Crippen molar-refractivity contribution in [2.24, 2.45) is 0 Å². The van der Waals surface area contributed by atoms with Gasteiger partial charge in [-0.15, -0.1) is 0 Å². The van der Waals surface area contributed by atoms with Gasteiger partial charge in [0.1, 0.15) is 5.41 Å². The Morgan fingerprint density at radius 1 is 0.552 bits per heavy atom. The standard InChI is InChI=1S/C26H20NO2/c28-27(29)25(21-13-5-1-6-14-21)26(22-15-7-2-8-16-22,23-17-9-3-10-18-23)24-19-11-4-12-20-24/h1-20H. The lowest BCUT2D eigenvalue weighted by atomic mass is 9.63. The summed E-state index contributed by atoms with van der Waals surface area (Å²) in [4.78, 5) is 12.4. The molecule has 4 aromatic rings. The molecule has 0 spiro atoms. The lowest BCUT2D eigenvalue weighted by Gasteiger charge is -2.36. The summed E-state index contributed by atoms with van der Waals surface area (Å²) in [5.74, 6) is 0. The van der Waals surface area contributed by atoms with Crippen LogP contribution in [0.1, 0.15) is 22.3 Å². The van der Waals surface area contributed by atoms with Crippen molar-refractivity contribution in [2.45, 2.75) is 5.41 Å². The third-order valence-corrected chi connectivity index (χ3v) is 5.21. The first-order valence-corrected chi connectivity index (χ1v) is 9.48. The largest absolute Gasteiger partial charge is 0.338 e. The Hall–Kier alpha value is -3.72. The van der Waals surface area contributed by atoms with Crippen molar-refractivity contribution in [1.82, 2.24) is 0 Å². The van der Waals surface area contributed by atoms with Crippen LogP contribution in [0.4, 0.5) is 0 Å². The second-order valence-corrected chi connectivity index (χ2v) is 6.82. The summed E-state index contributed by atoms with van der Waals surface area (Å²) in [5.41, 5.74) is 2.09. The van der Waals surface area contributed by atoms with Gasteiger partial charge < -0.3 is 0 Å². The minimum absolute atomic E-state index is 0.140. The molecule has 141 valence electrons. The van der Waals surface area contributed by atoms with Gasteiger partial charge in [0, 0.05) is 10.5 Å². The van der Waals surface area contributed by atoms with E-state index in [2.05, 4.69) is 0 Å². The first-order chi connectivity index (χ1) is 14.2. The van der Waals surface area contributed by atoms with Crippen molar-refractivity contribution in [1.29, 1.82) is 0 Å². The topological polar surface area (TPSA) is 43.1 Å². The van der Waals surface area contributed by atoms with Crippen LogP contribution in [0, 0.1) is 16.2 Å². The maximum absolute atomic E-state index is 12.6. The summed E-state index contributed by atoms with van der Waals surface area (Å²) in [7, 11) is 0. The molecule has 0 atom stereocenters. The van der Waals surface area contributed by atoms with Crippen LogP contribution in [-0.2, 0) is 5.41 Å². The zero-order valence-corrected chi connectivity index (χ0v) is 15.8. The molecule has 0 N–H and O–H groups in total. The van der Waals surface area contributed by atoms with Crippen molar-refractivity contribution in [3.63, 3.8) is 0 Å². The Morgan fingerprint density at radius 3 is 1.17 bits per heavy atom. The molecule has 0 bridgehead atoms. The molecule has 29 heavy (non-hydrogen) atoms. The lowest BCUT2D eigenvalue weighted by Crippen LogP contribution is -2.41. The molecule has 3 heteroatoms. The molecular weight excluding hydrogens is 358 g/mol. The number of nitro groups is 1. The Labute approximate surface area is 170 Å². The van der Waals surface area contributed by atoms with E-state index < -0.39 is 5.41 Å². The summed E-state index contributed by atoms with van der Waals surface area (Å²) >= 11 is 0. The zero-order chi connectivity index (χ0) is 20.1. The molecule has 0 aliphatic carbocycles. The number of hydrogen-bond donors (Lipinski definition) is 0. The molecule has 0 saturated heterocycles. The van der Waals surface area contributed by atoms with E-state index in [9.17, 15) is 10.1 Å². The molecule has 0 aliphatic rings. The average molecular weight is 378 g/mol. The Bertz CT molecular complexity index is 968. The third-order valence-electron chi connectivity index (χ3n) is 5.21. The van der Waals surface area contributed by atoms with Crippen molar-refractivity contribution in [3.05, 3.63) is 160 Å². The highest BCUT2D eigenvalue weighted by Gasteiger charge is 2.54. The predicted molar refractivity (Wildman–Crippen MR) is 115 cm³/mol. The van der Waals surface area contributed by atoms with Gasteiger partial charge in [-0.2, -0.15) is 0 Å². The minimum atomic E-state index is -1.06. The molecule has 0 saturated carbocycles. The van der Waals surface area contributed by atoms with Crippen LogP contribution in [0.15, 0.2) is 121 Å². The van der Waals surface area contributed by atoms with Gasteiger partial charge in [-0.25, -0.2) is 0 Å². The lowest BCUT2D eigenvalue weighted by molar-refractivity contribution is -0.466. The van der Waals surface area contributed by atoms with Gasteiger partial charge >= 0.3 is 6.04 Å². The first-order valence-electron chi connectivity index (χ1n) is 9.48. The summed E-state index contributed by atoms with van der Waals surface area (Å²) < 4.78 is 0. The fraction of sp³-hybridized carbons (Fsp3) is 0.0385. The van der Waals surface area contributed by atoms with Gasteiger partial charge in [0.15, 0.2) is 0 Å². The second-order valence-electron chi connectivity index (χ2n) is 6.82. The van der Waals surface area contributed by atoms with E-state index in [4.69, 9.17) is 0 Å². The highest BCUT2D eigenvalue weighted by atomic mass is 16.6. The summed E-state index contributed by atoms with van der Waals surface area (Å²) in [6.07, 6.45) is 0. The van der Waals surface area contributed by atoms with Crippen LogP contribution in [0.25, 0.3) is 0 Å². The van der Waals surface area contributed by atoms with Gasteiger partial charge in [0.2, 0.25) is 0 Å². The molecule has 0 heterocycles. The number of hydrogen-bond acceptors (Lipinski definition) is 2. The third kappa shape index (κ3) is 3.32. The predicted octanol–water partition coefficient (Wildman–Crippen LogP) is 5.88. The van der Waals surface area contributed by atoms with Gasteiger partial charge in [-0.3, -0.25) is 10.1 Å². The highest BCUT2D eigenvalue weighted by molar-refractivity contribution is 5.59. The molecule has 0 unspecified atom stereocenters. The molecule has 3 nitrogen and oxygen atoms in total. The summed E-state index contributed by atoms with van der Waals surface area (Å²) in [6.45, 7) is 0.